The third-order valence-electron chi connectivity index (χ3n) is 9.77. The number of hydrogen-bond donors (Lipinski definition) is 5. The van der Waals surface area contributed by atoms with Gasteiger partial charge in [-0.25, -0.2) is 4.57 Å². The molecule has 0 saturated carbocycles. The molecule has 0 bridgehead atoms. The van der Waals surface area contributed by atoms with Crippen molar-refractivity contribution < 1.29 is 33.5 Å². The van der Waals surface area contributed by atoms with Crippen molar-refractivity contribution >= 4 is 13.7 Å². The van der Waals surface area contributed by atoms with Crippen molar-refractivity contribution in [2.75, 3.05) is 19.8 Å². The number of phosphoric ester groups is 1. The fraction of sp³-hybridized carbons (Fsp3) is 0.975. The van der Waals surface area contributed by atoms with Crippen LogP contribution >= 0.6 is 7.82 Å². The van der Waals surface area contributed by atoms with E-state index in [2.05, 4.69) is 19.2 Å². The number of nitrogens with two attached hydrogens (primary N) is 1. The lowest BCUT2D eigenvalue weighted by atomic mass is 10.0. The van der Waals surface area contributed by atoms with Gasteiger partial charge in [0.15, 0.2) is 0 Å². The molecular formula is C40H83N2O7P. The van der Waals surface area contributed by atoms with E-state index in [0.717, 1.165) is 38.5 Å². The van der Waals surface area contributed by atoms with Crippen molar-refractivity contribution in [1.29, 1.82) is 0 Å². The fourth-order valence-corrected chi connectivity index (χ4v) is 7.29. The zero-order chi connectivity index (χ0) is 37.0. The van der Waals surface area contributed by atoms with E-state index in [-0.39, 0.29) is 26.2 Å². The molecule has 9 nitrogen and oxygen atoms in total. The average molecular weight is 735 g/mol. The molecule has 0 heterocycles. The number of carbonyl (C=O) groups excluding carboxylic acids is 1. The minimum Gasteiger partial charge on any atom is -0.393 e. The normalized spacial score (nSPS) is 14.8. The lowest BCUT2D eigenvalue weighted by Crippen LogP contribution is -2.47. The van der Waals surface area contributed by atoms with Crippen LogP contribution in [0.3, 0.4) is 0 Å². The van der Waals surface area contributed by atoms with Gasteiger partial charge in [-0.15, -0.1) is 0 Å². The molecular weight excluding hydrogens is 651 g/mol. The van der Waals surface area contributed by atoms with E-state index in [0.29, 0.717) is 12.8 Å². The molecule has 1 amide bonds. The quantitative estimate of drug-likeness (QED) is 0.0308. The molecule has 0 aromatic rings. The molecule has 4 unspecified atom stereocenters. The van der Waals surface area contributed by atoms with E-state index >= 15 is 0 Å². The lowest BCUT2D eigenvalue weighted by Gasteiger charge is -2.25. The molecule has 6 N–H and O–H groups in total. The molecule has 10 heteroatoms. The van der Waals surface area contributed by atoms with Gasteiger partial charge in [0.1, 0.15) is 0 Å². The Hall–Kier alpha value is -0.540. The number of unbranched alkanes of at least 4 members (excludes halogenated alkanes) is 26. The van der Waals surface area contributed by atoms with Gasteiger partial charge in [-0.3, -0.25) is 13.8 Å². The number of carbonyl (C=O) groups is 1. The van der Waals surface area contributed by atoms with Crippen LogP contribution in [0.15, 0.2) is 0 Å². The predicted molar refractivity (Wildman–Crippen MR) is 209 cm³/mol. The van der Waals surface area contributed by atoms with Crippen LogP contribution < -0.4 is 11.1 Å². The maximum Gasteiger partial charge on any atom is 0.472 e. The van der Waals surface area contributed by atoms with Gasteiger partial charge in [0.05, 0.1) is 37.9 Å². The Labute approximate surface area is 308 Å². The Morgan fingerprint density at radius 2 is 0.960 bits per heavy atom. The van der Waals surface area contributed by atoms with E-state index < -0.39 is 32.0 Å². The first-order valence-corrected chi connectivity index (χ1v) is 22.7. The van der Waals surface area contributed by atoms with E-state index in [1.807, 2.05) is 0 Å². The predicted octanol–water partition coefficient (Wildman–Crippen LogP) is 10.4. The van der Waals surface area contributed by atoms with Crippen LogP contribution in [0, 0.1) is 0 Å². The number of amides is 1. The summed E-state index contributed by atoms with van der Waals surface area (Å²) < 4.78 is 22.1. The van der Waals surface area contributed by atoms with Gasteiger partial charge in [0, 0.05) is 6.54 Å². The van der Waals surface area contributed by atoms with Crippen LogP contribution in [-0.4, -0.2) is 59.0 Å². The van der Waals surface area contributed by atoms with Gasteiger partial charge >= 0.3 is 7.82 Å². The number of phosphoric acid groups is 1. The number of nitrogens with one attached hydrogen (secondary N) is 1. The van der Waals surface area contributed by atoms with Gasteiger partial charge in [-0.05, 0) is 12.8 Å². The Morgan fingerprint density at radius 3 is 1.34 bits per heavy atom. The second kappa shape index (κ2) is 36.8. The van der Waals surface area contributed by atoms with Gasteiger partial charge in [-0.1, -0.05) is 194 Å². The van der Waals surface area contributed by atoms with Crippen LogP contribution in [0.25, 0.3) is 0 Å². The molecule has 0 spiro atoms. The molecule has 0 rings (SSSR count). The molecule has 0 aliphatic carbocycles. The summed E-state index contributed by atoms with van der Waals surface area (Å²) in [6, 6.07) is -0.889. The van der Waals surface area contributed by atoms with E-state index in [1.54, 1.807) is 0 Å². The molecule has 50 heavy (non-hydrogen) atoms. The molecule has 0 aromatic carbocycles. The van der Waals surface area contributed by atoms with Crippen molar-refractivity contribution in [2.24, 2.45) is 5.73 Å². The van der Waals surface area contributed by atoms with Crippen molar-refractivity contribution in [3.8, 4) is 0 Å². The molecule has 0 radical (unpaired) electrons. The van der Waals surface area contributed by atoms with Crippen molar-refractivity contribution in [3.05, 3.63) is 0 Å². The molecule has 0 aliphatic rings. The van der Waals surface area contributed by atoms with Crippen LogP contribution in [0.2, 0.25) is 0 Å². The summed E-state index contributed by atoms with van der Waals surface area (Å²) >= 11 is 0. The van der Waals surface area contributed by atoms with E-state index in [4.69, 9.17) is 14.8 Å². The zero-order valence-corrected chi connectivity index (χ0v) is 33.7. The second-order valence-corrected chi connectivity index (χ2v) is 16.2. The maximum atomic E-state index is 12.8. The number of aliphatic hydroxyl groups excluding tert-OH is 2. The van der Waals surface area contributed by atoms with E-state index in [9.17, 15) is 24.5 Å². The van der Waals surface area contributed by atoms with Crippen LogP contribution in [0.4, 0.5) is 0 Å². The molecule has 0 aromatic heterocycles. The SMILES string of the molecule is CCCCCCCCCCCCCCCCCCC(O)C(COP(=O)(O)OCCN)NC(=O)CC(O)CCCCCCCCCCCCCC. The summed E-state index contributed by atoms with van der Waals surface area (Å²) in [5.41, 5.74) is 5.36. The highest BCUT2D eigenvalue weighted by Gasteiger charge is 2.28. The molecule has 4 atom stereocenters. The number of aliphatic hydroxyl groups is 2. The van der Waals surface area contributed by atoms with Crippen LogP contribution in [0.1, 0.15) is 213 Å². The van der Waals surface area contributed by atoms with Crippen molar-refractivity contribution in [2.45, 2.75) is 231 Å². The summed E-state index contributed by atoms with van der Waals surface area (Å²) in [5, 5.41) is 24.1. The molecule has 0 aliphatic heterocycles. The van der Waals surface area contributed by atoms with Crippen LogP contribution in [0.5, 0.6) is 0 Å². The first-order valence-electron chi connectivity index (χ1n) is 21.2. The van der Waals surface area contributed by atoms with E-state index in [1.165, 1.54) is 141 Å². The highest BCUT2D eigenvalue weighted by molar-refractivity contribution is 7.47. The largest absolute Gasteiger partial charge is 0.472 e. The Balaban J connectivity index is 4.27. The molecule has 300 valence electrons. The maximum absolute atomic E-state index is 12.8. The van der Waals surface area contributed by atoms with Gasteiger partial charge in [0.2, 0.25) is 5.91 Å². The topological polar surface area (TPSA) is 151 Å². The zero-order valence-electron chi connectivity index (χ0n) is 32.8. The summed E-state index contributed by atoms with van der Waals surface area (Å²) in [5.74, 6) is -0.410. The minimum absolute atomic E-state index is 0.0625. The van der Waals surface area contributed by atoms with Gasteiger partial charge < -0.3 is 26.2 Å². The Morgan fingerprint density at radius 1 is 0.600 bits per heavy atom. The third kappa shape index (κ3) is 34.5. The first-order chi connectivity index (χ1) is 24.3. The summed E-state index contributed by atoms with van der Waals surface area (Å²) in [4.78, 5) is 22.7. The Kier molecular flexibility index (Phi) is 36.4. The number of rotatable bonds is 40. The van der Waals surface area contributed by atoms with Gasteiger partial charge in [-0.2, -0.15) is 0 Å². The third-order valence-corrected chi connectivity index (χ3v) is 10.7. The first kappa shape index (κ1) is 49.5. The smallest absolute Gasteiger partial charge is 0.393 e. The van der Waals surface area contributed by atoms with Crippen molar-refractivity contribution in [3.63, 3.8) is 0 Å². The average Bonchev–Trinajstić information content (AvgIpc) is 3.09. The fourth-order valence-electron chi connectivity index (χ4n) is 6.53. The van der Waals surface area contributed by atoms with Crippen LogP contribution in [-0.2, 0) is 18.4 Å². The summed E-state index contributed by atoms with van der Waals surface area (Å²) in [6.07, 6.45) is 34.2. The molecule has 0 fully saturated rings. The summed E-state index contributed by atoms with van der Waals surface area (Å²) in [7, 11) is -4.37. The second-order valence-electron chi connectivity index (χ2n) is 14.8. The van der Waals surface area contributed by atoms with Crippen molar-refractivity contribution in [1.82, 2.24) is 5.32 Å². The highest BCUT2D eigenvalue weighted by atomic mass is 31.2. The standard InChI is InChI=1S/C40H83N2O7P/c1-3-5-7-9-11-13-15-17-18-19-20-22-24-26-28-30-32-39(44)38(36-49-50(46,47)48-34-33-41)42-40(45)35-37(43)31-29-27-25-23-21-16-14-12-10-8-6-4-2/h37-39,43-44H,3-36,41H2,1-2H3,(H,42,45)(H,46,47). The summed E-state index contributed by atoms with van der Waals surface area (Å²) in [6.45, 7) is 4.05. The lowest BCUT2D eigenvalue weighted by molar-refractivity contribution is -0.125. The highest BCUT2D eigenvalue weighted by Crippen LogP contribution is 2.43. The number of hydrogen-bond acceptors (Lipinski definition) is 7. The monoisotopic (exact) mass is 735 g/mol. The van der Waals surface area contributed by atoms with Gasteiger partial charge in [0.25, 0.3) is 0 Å². The molecule has 0 saturated heterocycles. The minimum atomic E-state index is -4.37. The Bertz CT molecular complexity index is 776.